The third kappa shape index (κ3) is 5.79. The Balaban J connectivity index is 1.67. The lowest BCUT2D eigenvalue weighted by Crippen LogP contribution is -2.24. The molecule has 0 aliphatic heterocycles. The summed E-state index contributed by atoms with van der Waals surface area (Å²) in [4.78, 5) is 26.3. The molecule has 1 N–H and O–H groups in total. The van der Waals surface area contributed by atoms with Crippen LogP contribution in [0.15, 0.2) is 54.6 Å². The summed E-state index contributed by atoms with van der Waals surface area (Å²) < 4.78 is 4.94. The lowest BCUT2D eigenvalue weighted by molar-refractivity contribution is -0.384. The van der Waals surface area contributed by atoms with Crippen LogP contribution in [0.25, 0.3) is 0 Å². The van der Waals surface area contributed by atoms with Gasteiger partial charge in [-0.05, 0) is 17.7 Å². The summed E-state index contributed by atoms with van der Waals surface area (Å²) in [6, 6.07) is 15.0. The molecule has 0 aromatic heterocycles. The lowest BCUT2D eigenvalue weighted by Gasteiger charge is -2.05. The molecule has 0 aliphatic carbocycles. The van der Waals surface area contributed by atoms with Gasteiger partial charge < -0.3 is 4.74 Å². The molecule has 0 saturated carbocycles. The second kappa shape index (κ2) is 8.92. The predicted octanol–water partition coefficient (Wildman–Crippen LogP) is 2.80. The van der Waals surface area contributed by atoms with Crippen LogP contribution in [0.5, 0.6) is 0 Å². The molecule has 2 aromatic rings. The number of nitrogens with zero attached hydrogens (tertiary/aromatic N) is 1. The highest BCUT2D eigenvalue weighted by molar-refractivity contribution is 5.65. The van der Waals surface area contributed by atoms with Gasteiger partial charge in [-0.2, -0.15) is 5.48 Å². The predicted molar refractivity (Wildman–Crippen MR) is 85.7 cm³/mol. The van der Waals surface area contributed by atoms with Gasteiger partial charge in [0.15, 0.2) is 0 Å². The van der Waals surface area contributed by atoms with Crippen LogP contribution >= 0.6 is 0 Å². The number of hydroxylamine groups is 1. The van der Waals surface area contributed by atoms with Gasteiger partial charge in [-0.1, -0.05) is 42.2 Å². The van der Waals surface area contributed by atoms with Crippen molar-refractivity contribution in [1.29, 1.82) is 0 Å². The molecule has 0 saturated heterocycles. The van der Waals surface area contributed by atoms with Crippen molar-refractivity contribution in [2.45, 2.75) is 6.61 Å². The van der Waals surface area contributed by atoms with Crippen LogP contribution in [-0.4, -0.2) is 17.6 Å². The number of nitro benzene ring substituents is 1. The largest absolute Gasteiger partial charge is 0.443 e. The molecule has 0 unspecified atom stereocenters. The maximum Gasteiger partial charge on any atom is 0.431 e. The van der Waals surface area contributed by atoms with E-state index >= 15 is 0 Å². The Kier molecular flexibility index (Phi) is 6.32. The monoisotopic (exact) mass is 326 g/mol. The molecule has 24 heavy (non-hydrogen) atoms. The van der Waals surface area contributed by atoms with Crippen LogP contribution in [0.4, 0.5) is 10.5 Å². The molecule has 7 nitrogen and oxygen atoms in total. The van der Waals surface area contributed by atoms with Gasteiger partial charge in [-0.3, -0.25) is 15.0 Å². The summed E-state index contributed by atoms with van der Waals surface area (Å²) >= 11 is 0. The number of nitrogens with one attached hydrogen (secondary N) is 1. The molecule has 0 aliphatic rings. The van der Waals surface area contributed by atoms with Gasteiger partial charge >= 0.3 is 6.09 Å². The third-order valence-electron chi connectivity index (χ3n) is 2.82. The fraction of sp³-hybridized carbons (Fsp3) is 0.118. The Morgan fingerprint density at radius 3 is 2.50 bits per heavy atom. The number of carbonyl (C=O) groups excluding carboxylic acids is 1. The molecule has 0 fully saturated rings. The zero-order chi connectivity index (χ0) is 17.2. The SMILES string of the molecule is O=C(NOCC#Cc1ccc([N+](=O)[O-])cc1)OCc1ccccc1. The standard InChI is InChI=1S/C17H14N2O5/c20-17(23-13-15-5-2-1-3-6-15)18-24-12-4-7-14-8-10-16(11-9-14)19(21)22/h1-3,5-6,8-11H,12-13H2,(H,18,20). The first-order chi connectivity index (χ1) is 11.6. The number of carbonyl (C=O) groups is 1. The molecule has 1 amide bonds. The molecular weight excluding hydrogens is 312 g/mol. The summed E-state index contributed by atoms with van der Waals surface area (Å²) in [6.45, 7) is 0.0991. The van der Waals surface area contributed by atoms with Gasteiger partial charge in [0.2, 0.25) is 0 Å². The fourth-order valence-electron chi connectivity index (χ4n) is 1.69. The Labute approximate surface area is 138 Å². The van der Waals surface area contributed by atoms with E-state index in [-0.39, 0.29) is 18.9 Å². The van der Waals surface area contributed by atoms with E-state index in [0.717, 1.165) is 5.56 Å². The minimum absolute atomic E-state index is 0.000344. The van der Waals surface area contributed by atoms with Crippen molar-refractivity contribution in [3.8, 4) is 11.8 Å². The van der Waals surface area contributed by atoms with Crippen LogP contribution in [0.3, 0.4) is 0 Å². The van der Waals surface area contributed by atoms with E-state index in [1.165, 1.54) is 24.3 Å². The highest BCUT2D eigenvalue weighted by Gasteiger charge is 2.03. The van der Waals surface area contributed by atoms with E-state index in [9.17, 15) is 14.9 Å². The lowest BCUT2D eigenvalue weighted by atomic mass is 10.2. The number of non-ortho nitro benzene ring substituents is 1. The molecule has 0 radical (unpaired) electrons. The number of nitro groups is 1. The summed E-state index contributed by atoms with van der Waals surface area (Å²) in [5.74, 6) is 5.42. The van der Waals surface area contributed by atoms with Crippen molar-refractivity contribution in [3.63, 3.8) is 0 Å². The van der Waals surface area contributed by atoms with E-state index in [2.05, 4.69) is 17.3 Å². The van der Waals surface area contributed by atoms with Gasteiger partial charge in [-0.25, -0.2) is 4.79 Å². The number of ether oxygens (including phenoxy) is 1. The number of benzene rings is 2. The van der Waals surface area contributed by atoms with Crippen molar-refractivity contribution in [2.75, 3.05) is 6.61 Å². The molecule has 0 spiro atoms. The Morgan fingerprint density at radius 1 is 1.12 bits per heavy atom. The van der Waals surface area contributed by atoms with Gasteiger partial charge in [0.1, 0.15) is 13.2 Å². The molecule has 7 heteroatoms. The highest BCUT2D eigenvalue weighted by Crippen LogP contribution is 2.10. The molecule has 2 rings (SSSR count). The van der Waals surface area contributed by atoms with Crippen molar-refractivity contribution in [2.24, 2.45) is 0 Å². The second-order valence-corrected chi connectivity index (χ2v) is 4.56. The number of rotatable bonds is 5. The minimum Gasteiger partial charge on any atom is -0.443 e. The summed E-state index contributed by atoms with van der Waals surface area (Å²) in [6.07, 6.45) is -0.712. The van der Waals surface area contributed by atoms with Crippen LogP contribution < -0.4 is 5.48 Å². The number of hydrogen-bond acceptors (Lipinski definition) is 5. The summed E-state index contributed by atoms with van der Waals surface area (Å²) in [7, 11) is 0. The smallest absolute Gasteiger partial charge is 0.431 e. The topological polar surface area (TPSA) is 90.7 Å². The molecule has 0 atom stereocenters. The molecule has 122 valence electrons. The Bertz CT molecular complexity index is 748. The number of amides is 1. The fourth-order valence-corrected chi connectivity index (χ4v) is 1.69. The zero-order valence-electron chi connectivity index (χ0n) is 12.6. The van der Waals surface area contributed by atoms with E-state index in [4.69, 9.17) is 9.57 Å². The summed E-state index contributed by atoms with van der Waals surface area (Å²) in [5, 5.41) is 10.5. The second-order valence-electron chi connectivity index (χ2n) is 4.56. The van der Waals surface area contributed by atoms with Gasteiger partial charge in [0.05, 0.1) is 4.92 Å². The normalized spacial score (nSPS) is 9.50. The summed E-state index contributed by atoms with van der Waals surface area (Å²) in [5.41, 5.74) is 3.58. The first-order valence-electron chi connectivity index (χ1n) is 6.97. The van der Waals surface area contributed by atoms with E-state index < -0.39 is 11.0 Å². The van der Waals surface area contributed by atoms with E-state index in [1.807, 2.05) is 30.3 Å². The average molecular weight is 326 g/mol. The van der Waals surface area contributed by atoms with Gasteiger partial charge in [0, 0.05) is 17.7 Å². The van der Waals surface area contributed by atoms with Crippen molar-refractivity contribution >= 4 is 11.8 Å². The molecule has 0 heterocycles. The maximum absolute atomic E-state index is 11.4. The molecule has 0 bridgehead atoms. The van der Waals surface area contributed by atoms with Crippen molar-refractivity contribution in [1.82, 2.24) is 5.48 Å². The first kappa shape index (κ1) is 17.0. The Morgan fingerprint density at radius 2 is 1.83 bits per heavy atom. The van der Waals surface area contributed by atoms with Gasteiger partial charge in [0.25, 0.3) is 5.69 Å². The van der Waals surface area contributed by atoms with Crippen LogP contribution in [0.2, 0.25) is 0 Å². The van der Waals surface area contributed by atoms with Gasteiger partial charge in [-0.15, -0.1) is 0 Å². The third-order valence-corrected chi connectivity index (χ3v) is 2.82. The highest BCUT2D eigenvalue weighted by atomic mass is 16.7. The van der Waals surface area contributed by atoms with Crippen LogP contribution in [0.1, 0.15) is 11.1 Å². The zero-order valence-corrected chi connectivity index (χ0v) is 12.6. The van der Waals surface area contributed by atoms with Crippen molar-refractivity contribution in [3.05, 3.63) is 75.8 Å². The van der Waals surface area contributed by atoms with E-state index in [0.29, 0.717) is 5.56 Å². The number of hydrogen-bond donors (Lipinski definition) is 1. The maximum atomic E-state index is 11.4. The quantitative estimate of drug-likeness (QED) is 0.395. The van der Waals surface area contributed by atoms with Crippen LogP contribution in [-0.2, 0) is 16.2 Å². The Hall–Kier alpha value is -3.37. The molecule has 2 aromatic carbocycles. The molecular formula is C17H14N2O5. The van der Waals surface area contributed by atoms with Crippen molar-refractivity contribution < 1.29 is 19.3 Å². The van der Waals surface area contributed by atoms with E-state index in [1.54, 1.807) is 0 Å². The minimum atomic E-state index is -0.712. The van der Waals surface area contributed by atoms with Crippen LogP contribution in [0, 0.1) is 22.0 Å². The first-order valence-corrected chi connectivity index (χ1v) is 6.97. The average Bonchev–Trinajstić information content (AvgIpc) is 2.61.